The number of phenols is 1. The van der Waals surface area contributed by atoms with Gasteiger partial charge in [0.05, 0.1) is 51.8 Å². The van der Waals surface area contributed by atoms with E-state index in [2.05, 4.69) is 184 Å². The molecule has 4 aromatic carbocycles. The number of halogens is 1. The summed E-state index contributed by atoms with van der Waals surface area (Å²) in [5.41, 5.74) is 9.20. The minimum Gasteiger partial charge on any atom is -0.508 e. The molecule has 0 radical (unpaired) electrons. The Morgan fingerprint density at radius 2 is 1.10 bits per heavy atom. The van der Waals surface area contributed by atoms with Crippen LogP contribution >= 0.6 is 0 Å². The van der Waals surface area contributed by atoms with Crippen molar-refractivity contribution in [3.8, 4) is 11.5 Å². The van der Waals surface area contributed by atoms with Crippen LogP contribution in [0.25, 0.3) is 0 Å². The predicted octanol–water partition coefficient (Wildman–Crippen LogP) is 13.7. The summed E-state index contributed by atoms with van der Waals surface area (Å²) in [5.74, 6) is 1.27. The van der Waals surface area contributed by atoms with Gasteiger partial charge in [-0.1, -0.05) is 171 Å². The normalized spacial score (nSPS) is 17.1. The highest BCUT2D eigenvalue weighted by Crippen LogP contribution is 2.28. The molecule has 4 aliphatic heterocycles. The lowest BCUT2D eigenvalue weighted by atomic mass is 9.87. The van der Waals surface area contributed by atoms with Crippen molar-refractivity contribution in [1.29, 1.82) is 0 Å². The van der Waals surface area contributed by atoms with E-state index in [1.54, 1.807) is 24.4 Å². The molecular weight excluding hydrogens is 1230 g/mol. The number of carboxylic acid groups (broad SMARTS) is 2. The number of phenolic OH excluding ortho intramolecular Hbond substituents is 1. The molecule has 2 aromatic heterocycles. The van der Waals surface area contributed by atoms with Gasteiger partial charge in [-0.05, 0) is 120 Å². The monoisotopic (exact) mass is 1340 g/mol. The quantitative estimate of drug-likeness (QED) is 0.0672. The highest BCUT2D eigenvalue weighted by molar-refractivity contribution is 5.92. The Morgan fingerprint density at radius 1 is 0.619 bits per heavy atom. The molecule has 4 aliphatic rings. The van der Waals surface area contributed by atoms with Crippen molar-refractivity contribution in [2.75, 3.05) is 92.4 Å². The Bertz CT molecular complexity index is 3210. The minimum absolute atomic E-state index is 0.0613. The minimum atomic E-state index is -0.689. The number of nitrogens with zero attached hydrogens (tertiary/aromatic N) is 8. The van der Waals surface area contributed by atoms with E-state index in [0.29, 0.717) is 41.5 Å². The lowest BCUT2D eigenvalue weighted by molar-refractivity contribution is -0.143. The summed E-state index contributed by atoms with van der Waals surface area (Å²) in [4.78, 5) is 52.2. The first-order chi connectivity index (χ1) is 45.7. The van der Waals surface area contributed by atoms with Crippen LogP contribution < -0.4 is 10.1 Å². The maximum absolute atomic E-state index is 13.1. The first-order valence-electron chi connectivity index (χ1n) is 34.9. The maximum atomic E-state index is 13.1. The Kier molecular flexibility index (Phi) is 32.4. The first-order valence-corrected chi connectivity index (χ1v) is 34.9. The van der Waals surface area contributed by atoms with Crippen LogP contribution in [-0.2, 0) is 62.0 Å². The van der Waals surface area contributed by atoms with E-state index in [-0.39, 0.29) is 40.1 Å². The molecule has 1 amide bonds. The summed E-state index contributed by atoms with van der Waals surface area (Å²) in [6.45, 7) is 46.2. The zero-order valence-corrected chi connectivity index (χ0v) is 61.7. The van der Waals surface area contributed by atoms with Gasteiger partial charge in [0.15, 0.2) is 11.6 Å². The van der Waals surface area contributed by atoms with E-state index < -0.39 is 11.9 Å². The van der Waals surface area contributed by atoms with E-state index in [1.807, 2.05) is 50.0 Å². The molecular formula is C78H118FN9O9. The number of amides is 1. The summed E-state index contributed by atoms with van der Waals surface area (Å²) in [6.07, 6.45) is 9.30. The van der Waals surface area contributed by atoms with Crippen molar-refractivity contribution in [2.24, 2.45) is 7.05 Å². The van der Waals surface area contributed by atoms with Crippen LogP contribution in [0.2, 0.25) is 0 Å². The molecule has 97 heavy (non-hydrogen) atoms. The molecule has 4 N–H and O–H groups in total. The largest absolute Gasteiger partial charge is 0.508 e. The third-order valence-corrected chi connectivity index (χ3v) is 17.8. The van der Waals surface area contributed by atoms with Gasteiger partial charge in [0.25, 0.3) is 5.91 Å². The summed E-state index contributed by atoms with van der Waals surface area (Å²) in [6, 6.07) is 28.9. The first kappa shape index (κ1) is 80.7. The zero-order chi connectivity index (χ0) is 71.6. The van der Waals surface area contributed by atoms with Crippen molar-refractivity contribution in [1.82, 2.24) is 44.0 Å². The molecule has 0 aliphatic carbocycles. The van der Waals surface area contributed by atoms with Gasteiger partial charge in [0.2, 0.25) is 0 Å². The van der Waals surface area contributed by atoms with Crippen LogP contribution in [0, 0.1) is 5.82 Å². The Hall–Kier alpha value is -7.00. The highest BCUT2D eigenvalue weighted by Gasteiger charge is 2.32. The molecule has 4 saturated heterocycles. The smallest absolute Gasteiger partial charge is 0.320 e. The van der Waals surface area contributed by atoms with E-state index >= 15 is 0 Å². The number of carbonyl (C=O) groups excluding carboxylic acids is 1. The number of imidazole rings is 2. The number of likely N-dealkylation sites (tertiary alicyclic amines) is 2. The van der Waals surface area contributed by atoms with Gasteiger partial charge >= 0.3 is 11.9 Å². The summed E-state index contributed by atoms with van der Waals surface area (Å²) >= 11 is 0. The molecule has 0 spiro atoms. The molecule has 10 rings (SSSR count). The average Bonchev–Trinajstić information content (AvgIpc) is 1.68. The number of carbonyl (C=O) groups is 3. The van der Waals surface area contributed by atoms with Crippen LogP contribution in [0.4, 0.5) is 4.39 Å². The van der Waals surface area contributed by atoms with Gasteiger partial charge in [-0.25, -0.2) is 14.4 Å². The molecule has 18 nitrogen and oxygen atoms in total. The second kappa shape index (κ2) is 39.0. The number of aliphatic carboxylic acids is 2. The number of methoxy groups -OCH3 is 1. The molecule has 2 atom stereocenters. The van der Waals surface area contributed by atoms with E-state index in [1.165, 1.54) is 41.1 Å². The topological polar surface area (TPSA) is 200 Å². The molecule has 0 bridgehead atoms. The summed E-state index contributed by atoms with van der Waals surface area (Å²) in [5, 5.41) is 30.4. The van der Waals surface area contributed by atoms with Crippen LogP contribution in [0.15, 0.2) is 110 Å². The van der Waals surface area contributed by atoms with Gasteiger partial charge in [0.1, 0.15) is 29.4 Å². The molecule has 536 valence electrons. The standard InChI is InChI=1S/C15H26N4O2.2C15H21NO2.C13H23N3O.C10H13FO.C10H14O/c1-15(2,3)14-17-11-12(18(14)4)13(20)16-5-6-19-7-9-21-10-8-19;2*1-11(2)13-7-5-12(6-8-13)10-16-9-3-4-14(16)15(17)18;1-13(2,3)12-10-16(11-14-12)5-4-15-6-8-17-9-7-15;1-7(2)8-4-5-10(12-3)9(11)6-8;1-10(2,3)8-5-4-6-9(11)7-8/h11H,5-10H2,1-4H3,(H,16,20);2*5-8,11,14H,3-4,9-10H2,1-2H3,(H,17,18);10-11H,4-9H2,1-3H3;4-7H,1-3H3;4-7,11H,1-3H3/t;2*14-;;;/m.11.../s1. The number of rotatable bonds is 17. The van der Waals surface area contributed by atoms with Crippen molar-refractivity contribution >= 4 is 17.8 Å². The Balaban J connectivity index is 0.000000213. The lowest BCUT2D eigenvalue weighted by Crippen LogP contribution is -2.41. The highest BCUT2D eigenvalue weighted by atomic mass is 19.1. The average molecular weight is 1340 g/mol. The fraction of sp³-hybridized carbons (Fsp3) is 0.577. The molecule has 6 heterocycles. The zero-order valence-electron chi connectivity index (χ0n) is 61.7. The van der Waals surface area contributed by atoms with E-state index in [4.69, 9.17) is 24.4 Å². The number of nitrogens with one attached hydrogen (secondary N) is 1. The van der Waals surface area contributed by atoms with Crippen LogP contribution in [0.3, 0.4) is 0 Å². The van der Waals surface area contributed by atoms with Gasteiger partial charge in [0, 0.05) is 89.5 Å². The van der Waals surface area contributed by atoms with E-state index in [0.717, 1.165) is 141 Å². The van der Waals surface area contributed by atoms with Gasteiger partial charge in [-0.2, -0.15) is 0 Å². The fourth-order valence-corrected chi connectivity index (χ4v) is 11.6. The Morgan fingerprint density at radius 3 is 1.49 bits per heavy atom. The second-order valence-electron chi connectivity index (χ2n) is 29.8. The molecule has 0 saturated carbocycles. The van der Waals surface area contributed by atoms with Gasteiger partial charge < -0.3 is 44.0 Å². The third-order valence-electron chi connectivity index (χ3n) is 17.8. The van der Waals surface area contributed by atoms with Gasteiger partial charge in [-0.3, -0.25) is 34.0 Å². The number of carboxylic acids is 2. The number of ether oxygens (including phenoxy) is 3. The molecule has 19 heteroatoms. The van der Waals surface area contributed by atoms with Gasteiger partial charge in [-0.15, -0.1) is 0 Å². The Labute approximate surface area is 579 Å². The summed E-state index contributed by atoms with van der Waals surface area (Å²) < 4.78 is 32.6. The lowest BCUT2D eigenvalue weighted by Gasteiger charge is -2.26. The maximum Gasteiger partial charge on any atom is 0.320 e. The third kappa shape index (κ3) is 27.3. The van der Waals surface area contributed by atoms with Crippen molar-refractivity contribution in [3.05, 3.63) is 166 Å². The SMILES string of the molecule is CC(C)(C)c1cccc(O)c1.CC(C)(C)c1cn(CCN2CCOCC2)cn1.CC(C)c1ccc(CN2CCC[C@@H]2C(=O)O)cc1.CC(C)c1ccc(CN2CCC[C@@H]2C(=O)O)cc1.COc1ccc(C(C)C)cc1F.Cn1c(C(=O)NCCN2CCOCC2)cnc1C(C)(C)C. The van der Waals surface area contributed by atoms with Crippen molar-refractivity contribution < 1.29 is 48.3 Å². The van der Waals surface area contributed by atoms with Crippen LogP contribution in [-0.4, -0.2) is 176 Å². The number of aromatic hydroxyl groups is 1. The fourth-order valence-electron chi connectivity index (χ4n) is 11.6. The molecule has 4 fully saturated rings. The summed E-state index contributed by atoms with van der Waals surface area (Å²) in [7, 11) is 3.36. The predicted molar refractivity (Wildman–Crippen MR) is 387 cm³/mol. The van der Waals surface area contributed by atoms with Crippen molar-refractivity contribution in [3.63, 3.8) is 0 Å². The number of aromatic nitrogens is 4. The second-order valence-corrected chi connectivity index (χ2v) is 29.8. The van der Waals surface area contributed by atoms with E-state index in [9.17, 15) is 23.9 Å². The number of hydrogen-bond acceptors (Lipinski definition) is 13. The number of benzene rings is 4. The van der Waals surface area contributed by atoms with Crippen LogP contribution in [0.5, 0.6) is 11.5 Å². The molecule has 0 unspecified atom stereocenters. The molecule has 6 aromatic rings. The number of hydrogen-bond donors (Lipinski definition) is 4. The number of morpholine rings is 2. The van der Waals surface area contributed by atoms with Crippen molar-refractivity contribution in [2.45, 2.75) is 195 Å². The van der Waals surface area contributed by atoms with Crippen LogP contribution in [0.1, 0.15) is 203 Å².